The summed E-state index contributed by atoms with van der Waals surface area (Å²) in [5.74, 6) is -0.135. The molecule has 0 aliphatic heterocycles. The summed E-state index contributed by atoms with van der Waals surface area (Å²) in [4.78, 5) is 12.3. The van der Waals surface area contributed by atoms with Gasteiger partial charge >= 0.3 is 0 Å². The average Bonchev–Trinajstić information content (AvgIpc) is 3.01. The third-order valence-corrected chi connectivity index (χ3v) is 3.90. The summed E-state index contributed by atoms with van der Waals surface area (Å²) in [6, 6.07) is 17.0. The number of amides is 1. The van der Waals surface area contributed by atoms with Crippen molar-refractivity contribution in [2.24, 2.45) is 0 Å². The van der Waals surface area contributed by atoms with E-state index in [1.807, 2.05) is 59.4 Å². The first-order valence-corrected chi connectivity index (χ1v) is 7.64. The Morgan fingerprint density at radius 1 is 1.14 bits per heavy atom. The van der Waals surface area contributed by atoms with Crippen LogP contribution >= 0.6 is 15.9 Å². The van der Waals surface area contributed by atoms with E-state index >= 15 is 0 Å². The second kappa shape index (κ2) is 6.58. The summed E-state index contributed by atoms with van der Waals surface area (Å²) in [6.45, 7) is 0.672. The lowest BCUT2D eigenvalue weighted by molar-refractivity contribution is 0.102. The van der Waals surface area contributed by atoms with Crippen LogP contribution in [0.1, 0.15) is 15.9 Å². The van der Waals surface area contributed by atoms with Gasteiger partial charge in [0.15, 0.2) is 0 Å². The van der Waals surface area contributed by atoms with Gasteiger partial charge in [-0.1, -0.05) is 24.3 Å². The predicted molar refractivity (Wildman–Crippen MR) is 89.9 cm³/mol. The number of benzene rings is 2. The van der Waals surface area contributed by atoms with E-state index in [0.29, 0.717) is 12.1 Å². The number of hydrogen-bond donors (Lipinski definition) is 1. The number of carbonyl (C=O) groups excluding carboxylic acids is 1. The minimum atomic E-state index is -0.135. The molecular weight excluding hydrogens is 342 g/mol. The van der Waals surface area contributed by atoms with E-state index in [1.165, 1.54) is 0 Å². The van der Waals surface area contributed by atoms with Gasteiger partial charge in [0.25, 0.3) is 5.91 Å². The van der Waals surface area contributed by atoms with Gasteiger partial charge in [0.1, 0.15) is 0 Å². The molecule has 3 aromatic rings. The van der Waals surface area contributed by atoms with Crippen molar-refractivity contribution >= 4 is 27.5 Å². The molecule has 0 aliphatic rings. The normalized spacial score (nSPS) is 10.4. The minimum absolute atomic E-state index is 0.135. The summed E-state index contributed by atoms with van der Waals surface area (Å²) in [7, 11) is 0. The Hall–Kier alpha value is -2.40. The molecule has 1 aromatic heterocycles. The monoisotopic (exact) mass is 355 g/mol. The molecule has 1 amide bonds. The van der Waals surface area contributed by atoms with E-state index in [1.54, 1.807) is 12.3 Å². The maximum Gasteiger partial charge on any atom is 0.256 e. The third kappa shape index (κ3) is 3.43. The number of hydrogen-bond acceptors (Lipinski definition) is 2. The van der Waals surface area contributed by atoms with Crippen LogP contribution in [0.3, 0.4) is 0 Å². The molecular formula is C17H14BrN3O. The number of aromatic nitrogens is 2. The lowest BCUT2D eigenvalue weighted by Gasteiger charge is -2.09. The van der Waals surface area contributed by atoms with Gasteiger partial charge in [0.2, 0.25) is 0 Å². The van der Waals surface area contributed by atoms with Crippen LogP contribution in [-0.4, -0.2) is 15.7 Å². The molecule has 0 unspecified atom stereocenters. The molecule has 0 saturated heterocycles. The molecule has 3 rings (SSSR count). The van der Waals surface area contributed by atoms with Crippen molar-refractivity contribution in [1.82, 2.24) is 9.78 Å². The highest BCUT2D eigenvalue weighted by atomic mass is 79.9. The number of carbonyl (C=O) groups is 1. The molecule has 2 aromatic carbocycles. The lowest BCUT2D eigenvalue weighted by atomic mass is 10.1. The Kier molecular flexibility index (Phi) is 4.34. The van der Waals surface area contributed by atoms with Crippen molar-refractivity contribution in [2.45, 2.75) is 6.54 Å². The Balaban J connectivity index is 1.75. The highest BCUT2D eigenvalue weighted by Crippen LogP contribution is 2.18. The topological polar surface area (TPSA) is 46.9 Å². The highest BCUT2D eigenvalue weighted by Gasteiger charge is 2.09. The average molecular weight is 356 g/mol. The number of nitrogens with zero attached hydrogens (tertiary/aromatic N) is 2. The van der Waals surface area contributed by atoms with Gasteiger partial charge in [-0.3, -0.25) is 9.48 Å². The highest BCUT2D eigenvalue weighted by molar-refractivity contribution is 9.10. The first-order valence-electron chi connectivity index (χ1n) is 6.84. The summed E-state index contributed by atoms with van der Waals surface area (Å²) >= 11 is 3.39. The number of halogens is 1. The molecule has 1 N–H and O–H groups in total. The quantitative estimate of drug-likeness (QED) is 0.770. The van der Waals surface area contributed by atoms with E-state index in [-0.39, 0.29) is 5.91 Å². The summed E-state index contributed by atoms with van der Waals surface area (Å²) < 4.78 is 2.62. The Morgan fingerprint density at radius 3 is 2.77 bits per heavy atom. The number of anilines is 1. The molecule has 0 atom stereocenters. The van der Waals surface area contributed by atoms with Crippen molar-refractivity contribution in [3.8, 4) is 0 Å². The van der Waals surface area contributed by atoms with Crippen molar-refractivity contribution in [2.75, 3.05) is 5.32 Å². The van der Waals surface area contributed by atoms with Crippen LogP contribution < -0.4 is 5.32 Å². The largest absolute Gasteiger partial charge is 0.322 e. The van der Waals surface area contributed by atoms with Gasteiger partial charge in [-0.15, -0.1) is 0 Å². The van der Waals surface area contributed by atoms with Crippen molar-refractivity contribution in [1.29, 1.82) is 0 Å². The van der Waals surface area contributed by atoms with Crippen LogP contribution in [0.2, 0.25) is 0 Å². The Bertz CT molecular complexity index is 784. The number of nitrogens with one attached hydrogen (secondary N) is 1. The van der Waals surface area contributed by atoms with E-state index < -0.39 is 0 Å². The van der Waals surface area contributed by atoms with E-state index in [0.717, 1.165) is 15.7 Å². The van der Waals surface area contributed by atoms with Crippen LogP contribution in [0, 0.1) is 0 Å². The van der Waals surface area contributed by atoms with Crippen LogP contribution in [-0.2, 0) is 6.54 Å². The van der Waals surface area contributed by atoms with Crippen LogP contribution in [0.25, 0.3) is 0 Å². The minimum Gasteiger partial charge on any atom is -0.322 e. The second-order valence-electron chi connectivity index (χ2n) is 4.84. The summed E-state index contributed by atoms with van der Waals surface area (Å²) in [5, 5.41) is 7.10. The SMILES string of the molecule is O=C(Nc1cccc(Cn2cccn2)c1)c1ccccc1Br. The fourth-order valence-electron chi connectivity index (χ4n) is 2.17. The molecule has 22 heavy (non-hydrogen) atoms. The number of rotatable bonds is 4. The first-order chi connectivity index (χ1) is 10.7. The van der Waals surface area contributed by atoms with E-state index in [9.17, 15) is 4.79 Å². The van der Waals surface area contributed by atoms with E-state index in [4.69, 9.17) is 0 Å². The molecule has 0 spiro atoms. The molecule has 0 saturated carbocycles. The fourth-order valence-corrected chi connectivity index (χ4v) is 2.64. The summed E-state index contributed by atoms with van der Waals surface area (Å²) in [6.07, 6.45) is 3.66. The van der Waals surface area contributed by atoms with Crippen molar-refractivity contribution in [3.05, 3.63) is 82.6 Å². The van der Waals surface area contributed by atoms with Crippen molar-refractivity contribution < 1.29 is 4.79 Å². The molecule has 110 valence electrons. The zero-order valence-electron chi connectivity index (χ0n) is 11.7. The standard InChI is InChI=1S/C17H14BrN3O/c18-16-8-2-1-7-15(16)17(22)20-14-6-3-5-13(11-14)12-21-10-4-9-19-21/h1-11H,12H2,(H,20,22). The van der Waals surface area contributed by atoms with Gasteiger partial charge in [0, 0.05) is 22.6 Å². The molecule has 0 fully saturated rings. The van der Waals surface area contributed by atoms with Gasteiger partial charge in [-0.25, -0.2) is 0 Å². The van der Waals surface area contributed by atoms with E-state index in [2.05, 4.69) is 26.3 Å². The second-order valence-corrected chi connectivity index (χ2v) is 5.69. The van der Waals surface area contributed by atoms with Gasteiger partial charge in [-0.2, -0.15) is 5.10 Å². The third-order valence-electron chi connectivity index (χ3n) is 3.21. The molecule has 0 radical (unpaired) electrons. The fraction of sp³-hybridized carbons (Fsp3) is 0.0588. The molecule has 0 bridgehead atoms. The van der Waals surface area contributed by atoms with Gasteiger partial charge < -0.3 is 5.32 Å². The Morgan fingerprint density at radius 2 is 2.00 bits per heavy atom. The zero-order chi connectivity index (χ0) is 15.4. The van der Waals surface area contributed by atoms with Crippen molar-refractivity contribution in [3.63, 3.8) is 0 Å². The first kappa shape index (κ1) is 14.5. The molecule has 0 aliphatic carbocycles. The smallest absolute Gasteiger partial charge is 0.256 e. The predicted octanol–water partition coefficient (Wildman–Crippen LogP) is 3.95. The maximum atomic E-state index is 12.3. The van der Waals surface area contributed by atoms with Crippen LogP contribution in [0.4, 0.5) is 5.69 Å². The summed E-state index contributed by atoms with van der Waals surface area (Å²) in [5.41, 5.74) is 2.46. The molecule has 5 heteroatoms. The molecule has 4 nitrogen and oxygen atoms in total. The lowest BCUT2D eigenvalue weighted by Crippen LogP contribution is -2.12. The van der Waals surface area contributed by atoms with Gasteiger partial charge in [-0.05, 0) is 51.8 Å². The van der Waals surface area contributed by atoms with Crippen LogP contribution in [0.15, 0.2) is 71.5 Å². The van der Waals surface area contributed by atoms with Gasteiger partial charge in [0.05, 0.1) is 12.1 Å². The maximum absolute atomic E-state index is 12.3. The molecule has 1 heterocycles. The van der Waals surface area contributed by atoms with Crippen LogP contribution in [0.5, 0.6) is 0 Å². The Labute approximate surface area is 136 Å². The zero-order valence-corrected chi connectivity index (χ0v) is 13.3.